The van der Waals surface area contributed by atoms with Gasteiger partial charge in [0.25, 0.3) is 0 Å². The van der Waals surface area contributed by atoms with Gasteiger partial charge in [0, 0.05) is 12.1 Å². The molecular weight excluding hydrogens is 263 g/mol. The van der Waals surface area contributed by atoms with E-state index in [0.717, 1.165) is 30.0 Å². The van der Waals surface area contributed by atoms with Crippen molar-refractivity contribution in [3.05, 3.63) is 64.5 Å². The standard InChI is InChI=1S/C16H14F3N/c1-9-2-3-10-4-5-15(11(10)6-9)20-16-8-13(18)12(17)7-14(16)19/h2-3,6-8,15,20H,4-5H2,1H3. The maximum absolute atomic E-state index is 13.7. The van der Waals surface area contributed by atoms with Gasteiger partial charge in [0.05, 0.1) is 11.7 Å². The summed E-state index contributed by atoms with van der Waals surface area (Å²) in [6, 6.07) is 7.54. The summed E-state index contributed by atoms with van der Waals surface area (Å²) in [6.07, 6.45) is 1.72. The summed E-state index contributed by atoms with van der Waals surface area (Å²) in [5, 5.41) is 2.98. The number of benzene rings is 2. The molecule has 0 fully saturated rings. The van der Waals surface area contributed by atoms with Crippen LogP contribution < -0.4 is 5.32 Å². The lowest BCUT2D eigenvalue weighted by molar-refractivity contribution is 0.495. The summed E-state index contributed by atoms with van der Waals surface area (Å²) >= 11 is 0. The van der Waals surface area contributed by atoms with E-state index in [1.807, 2.05) is 13.0 Å². The second-order valence-corrected chi connectivity index (χ2v) is 5.18. The Hall–Kier alpha value is -1.97. The first-order chi connectivity index (χ1) is 9.54. The molecule has 0 heterocycles. The molecule has 1 atom stereocenters. The molecule has 0 aromatic heterocycles. The minimum Gasteiger partial charge on any atom is -0.376 e. The lowest BCUT2D eigenvalue weighted by Gasteiger charge is -2.16. The summed E-state index contributed by atoms with van der Waals surface area (Å²) in [4.78, 5) is 0. The number of fused-ring (bicyclic) bond motifs is 1. The van der Waals surface area contributed by atoms with Crippen molar-refractivity contribution in [1.82, 2.24) is 0 Å². The van der Waals surface area contributed by atoms with Crippen molar-refractivity contribution >= 4 is 5.69 Å². The fourth-order valence-electron chi connectivity index (χ4n) is 2.69. The second-order valence-electron chi connectivity index (χ2n) is 5.18. The molecule has 0 aliphatic heterocycles. The van der Waals surface area contributed by atoms with Gasteiger partial charge in [0.15, 0.2) is 11.6 Å². The molecule has 1 N–H and O–H groups in total. The molecule has 0 radical (unpaired) electrons. The highest BCUT2D eigenvalue weighted by Gasteiger charge is 2.23. The summed E-state index contributed by atoms with van der Waals surface area (Å²) in [5.41, 5.74) is 3.46. The highest BCUT2D eigenvalue weighted by Crippen LogP contribution is 2.35. The van der Waals surface area contributed by atoms with E-state index in [0.29, 0.717) is 6.07 Å². The fourth-order valence-corrected chi connectivity index (χ4v) is 2.69. The van der Waals surface area contributed by atoms with E-state index in [2.05, 4.69) is 17.4 Å². The highest BCUT2D eigenvalue weighted by atomic mass is 19.2. The Labute approximate surface area is 115 Å². The van der Waals surface area contributed by atoms with Gasteiger partial charge < -0.3 is 5.32 Å². The first-order valence-corrected chi connectivity index (χ1v) is 6.55. The van der Waals surface area contributed by atoms with Crippen LogP contribution in [-0.2, 0) is 6.42 Å². The molecule has 20 heavy (non-hydrogen) atoms. The summed E-state index contributed by atoms with van der Waals surface area (Å²) in [7, 11) is 0. The Kier molecular flexibility index (Phi) is 3.16. The van der Waals surface area contributed by atoms with Crippen molar-refractivity contribution < 1.29 is 13.2 Å². The monoisotopic (exact) mass is 277 g/mol. The molecule has 104 valence electrons. The summed E-state index contributed by atoms with van der Waals surface area (Å²) in [6.45, 7) is 1.99. The molecule has 4 heteroatoms. The molecule has 1 aliphatic carbocycles. The molecule has 0 amide bonds. The van der Waals surface area contributed by atoms with Gasteiger partial charge in [-0.3, -0.25) is 0 Å². The number of rotatable bonds is 2. The summed E-state index contributed by atoms with van der Waals surface area (Å²) in [5.74, 6) is -2.99. The van der Waals surface area contributed by atoms with E-state index in [1.165, 1.54) is 5.56 Å². The van der Waals surface area contributed by atoms with Gasteiger partial charge >= 0.3 is 0 Å². The van der Waals surface area contributed by atoms with Crippen LogP contribution in [0.25, 0.3) is 0 Å². The normalized spacial score (nSPS) is 17.1. The van der Waals surface area contributed by atoms with Gasteiger partial charge in [-0.15, -0.1) is 0 Å². The molecule has 0 bridgehead atoms. The van der Waals surface area contributed by atoms with Crippen LogP contribution in [0.15, 0.2) is 30.3 Å². The zero-order valence-corrected chi connectivity index (χ0v) is 11.0. The first-order valence-electron chi connectivity index (χ1n) is 6.55. The van der Waals surface area contributed by atoms with Gasteiger partial charge in [-0.25, -0.2) is 13.2 Å². The lowest BCUT2D eigenvalue weighted by atomic mass is 10.0. The zero-order chi connectivity index (χ0) is 14.3. The fraction of sp³-hybridized carbons (Fsp3) is 0.250. The Bertz CT molecular complexity index is 667. The van der Waals surface area contributed by atoms with Gasteiger partial charge in [-0.1, -0.05) is 23.8 Å². The molecule has 2 aromatic carbocycles. The number of hydrogen-bond donors (Lipinski definition) is 1. The van der Waals surface area contributed by atoms with Crippen LogP contribution in [0.3, 0.4) is 0 Å². The number of halogens is 3. The Morgan fingerprint density at radius 3 is 2.55 bits per heavy atom. The quantitative estimate of drug-likeness (QED) is 0.796. The minimum atomic E-state index is -1.17. The SMILES string of the molecule is Cc1ccc2c(c1)C(Nc1cc(F)c(F)cc1F)CC2. The van der Waals surface area contributed by atoms with Crippen LogP contribution in [0.1, 0.15) is 29.2 Å². The van der Waals surface area contributed by atoms with Crippen LogP contribution in [0.5, 0.6) is 0 Å². The van der Waals surface area contributed by atoms with Gasteiger partial charge in [-0.05, 0) is 30.9 Å². The van der Waals surface area contributed by atoms with Crippen LogP contribution in [0.2, 0.25) is 0 Å². The summed E-state index contributed by atoms with van der Waals surface area (Å²) < 4.78 is 39.8. The largest absolute Gasteiger partial charge is 0.376 e. The Balaban J connectivity index is 1.91. The number of hydrogen-bond acceptors (Lipinski definition) is 1. The molecule has 1 aliphatic rings. The van der Waals surface area contributed by atoms with E-state index in [4.69, 9.17) is 0 Å². The Morgan fingerprint density at radius 2 is 1.75 bits per heavy atom. The van der Waals surface area contributed by atoms with Crippen molar-refractivity contribution in [2.75, 3.05) is 5.32 Å². The second kappa shape index (κ2) is 4.85. The predicted molar refractivity (Wildman–Crippen MR) is 72.2 cm³/mol. The molecule has 0 spiro atoms. The van der Waals surface area contributed by atoms with E-state index in [1.54, 1.807) is 0 Å². The Morgan fingerprint density at radius 1 is 1.00 bits per heavy atom. The van der Waals surface area contributed by atoms with E-state index in [-0.39, 0.29) is 11.7 Å². The van der Waals surface area contributed by atoms with Gasteiger partial charge in [0.2, 0.25) is 0 Å². The number of nitrogens with one attached hydrogen (secondary N) is 1. The van der Waals surface area contributed by atoms with E-state index < -0.39 is 17.5 Å². The minimum absolute atomic E-state index is 0.00301. The molecule has 1 unspecified atom stereocenters. The topological polar surface area (TPSA) is 12.0 Å². The van der Waals surface area contributed by atoms with E-state index >= 15 is 0 Å². The molecular formula is C16H14F3N. The lowest BCUT2D eigenvalue weighted by Crippen LogP contribution is -2.09. The van der Waals surface area contributed by atoms with E-state index in [9.17, 15) is 13.2 Å². The van der Waals surface area contributed by atoms with Crippen molar-refractivity contribution in [2.24, 2.45) is 0 Å². The zero-order valence-electron chi connectivity index (χ0n) is 11.0. The van der Waals surface area contributed by atoms with Crippen molar-refractivity contribution in [3.63, 3.8) is 0 Å². The van der Waals surface area contributed by atoms with Crippen LogP contribution in [0, 0.1) is 24.4 Å². The third kappa shape index (κ3) is 2.26. The maximum Gasteiger partial charge on any atom is 0.161 e. The first kappa shape index (κ1) is 13.0. The average molecular weight is 277 g/mol. The van der Waals surface area contributed by atoms with Crippen molar-refractivity contribution in [3.8, 4) is 0 Å². The molecule has 1 nitrogen and oxygen atoms in total. The molecule has 0 saturated carbocycles. The highest BCUT2D eigenvalue weighted by molar-refractivity contribution is 5.50. The predicted octanol–water partition coefficient (Wildman–Crippen LogP) is 4.51. The molecule has 3 rings (SSSR count). The van der Waals surface area contributed by atoms with Crippen LogP contribution in [-0.4, -0.2) is 0 Å². The van der Waals surface area contributed by atoms with Crippen molar-refractivity contribution in [2.45, 2.75) is 25.8 Å². The smallest absolute Gasteiger partial charge is 0.161 e. The van der Waals surface area contributed by atoms with Gasteiger partial charge in [0.1, 0.15) is 5.82 Å². The molecule has 2 aromatic rings. The number of aryl methyl sites for hydroxylation is 2. The third-order valence-electron chi connectivity index (χ3n) is 3.72. The molecule has 0 saturated heterocycles. The number of anilines is 1. The maximum atomic E-state index is 13.7. The van der Waals surface area contributed by atoms with Crippen molar-refractivity contribution in [1.29, 1.82) is 0 Å². The van der Waals surface area contributed by atoms with Gasteiger partial charge in [-0.2, -0.15) is 0 Å². The average Bonchev–Trinajstić information content (AvgIpc) is 2.78. The third-order valence-corrected chi connectivity index (χ3v) is 3.72. The van der Waals surface area contributed by atoms with Crippen LogP contribution in [0.4, 0.5) is 18.9 Å². The van der Waals surface area contributed by atoms with Crippen LogP contribution >= 0.6 is 0 Å².